The van der Waals surface area contributed by atoms with Crippen LogP contribution in [0.15, 0.2) is 182 Å². The lowest BCUT2D eigenvalue weighted by Gasteiger charge is -2.12. The first-order valence-corrected chi connectivity index (χ1v) is 20.4. The molecule has 0 amide bonds. The van der Waals surface area contributed by atoms with E-state index in [1.807, 2.05) is 25.2 Å². The van der Waals surface area contributed by atoms with Gasteiger partial charge in [0.15, 0.2) is 0 Å². The van der Waals surface area contributed by atoms with Crippen molar-refractivity contribution < 1.29 is 0 Å². The summed E-state index contributed by atoms with van der Waals surface area (Å²) >= 11 is 1.86. The highest BCUT2D eigenvalue weighted by molar-refractivity contribution is 7.26. The molecule has 0 atom stereocenters. The Labute approximate surface area is 333 Å². The fourth-order valence-electron chi connectivity index (χ4n) is 8.78. The van der Waals surface area contributed by atoms with Crippen LogP contribution in [0.4, 0.5) is 0 Å². The minimum Gasteiger partial charge on any atom is -0.309 e. The van der Waals surface area contributed by atoms with Gasteiger partial charge in [-0.15, -0.1) is 11.3 Å². The van der Waals surface area contributed by atoms with Gasteiger partial charge in [-0.2, -0.15) is 0 Å². The first-order valence-electron chi connectivity index (χ1n) is 19.6. The first kappa shape index (κ1) is 33.3. The number of thiophene rings is 1. The van der Waals surface area contributed by atoms with Crippen LogP contribution in [-0.2, 0) is 0 Å². The zero-order chi connectivity index (χ0) is 38.0. The van der Waals surface area contributed by atoms with Gasteiger partial charge in [0, 0.05) is 58.4 Å². The van der Waals surface area contributed by atoms with Gasteiger partial charge in [-0.3, -0.25) is 4.57 Å². The smallest absolute Gasteiger partial charge is 0.235 e. The number of benzene rings is 8. The van der Waals surface area contributed by atoms with Crippen molar-refractivity contribution in [3.05, 3.63) is 182 Å². The highest BCUT2D eigenvalue weighted by Gasteiger charge is 2.24. The Bertz CT molecular complexity index is 3480. The van der Waals surface area contributed by atoms with E-state index in [2.05, 4.69) is 191 Å². The molecule has 0 radical (unpaired) electrons. The normalized spacial score (nSPS) is 11.7. The second kappa shape index (κ2) is 13.3. The molecule has 0 spiro atoms. The predicted molar refractivity (Wildman–Crippen MR) is 243 cm³/mol. The summed E-state index contributed by atoms with van der Waals surface area (Å²) in [5.74, 6) is 0.669. The quantitative estimate of drug-likeness (QED) is 0.180. The van der Waals surface area contributed by atoms with Gasteiger partial charge >= 0.3 is 0 Å². The lowest BCUT2D eigenvalue weighted by Crippen LogP contribution is -2.03. The molecular formula is C52H36N4S. The number of fused-ring (bicyclic) bond motifs is 12. The van der Waals surface area contributed by atoms with Gasteiger partial charge in [0.25, 0.3) is 0 Å². The average Bonchev–Trinajstić information content (AvgIpc) is 3.95. The highest BCUT2D eigenvalue weighted by atomic mass is 32.1. The van der Waals surface area contributed by atoms with Crippen LogP contribution < -0.4 is 0 Å². The molecule has 270 valence electrons. The van der Waals surface area contributed by atoms with Gasteiger partial charge in [-0.25, -0.2) is 9.97 Å². The number of para-hydroxylation sites is 3. The summed E-state index contributed by atoms with van der Waals surface area (Å²) in [6, 6.07) is 65.2. The molecule has 0 bridgehead atoms. The largest absolute Gasteiger partial charge is 0.309 e. The summed E-state index contributed by atoms with van der Waals surface area (Å²) in [5.41, 5.74) is 11.1. The van der Waals surface area contributed by atoms with Crippen LogP contribution in [0.2, 0.25) is 0 Å². The summed E-state index contributed by atoms with van der Waals surface area (Å²) in [5, 5.41) is 8.42. The van der Waals surface area contributed by atoms with Crippen molar-refractivity contribution in [2.75, 3.05) is 0 Å². The van der Waals surface area contributed by atoms with Crippen molar-refractivity contribution in [1.82, 2.24) is 19.1 Å². The van der Waals surface area contributed by atoms with Crippen LogP contribution >= 0.6 is 11.3 Å². The van der Waals surface area contributed by atoms with E-state index >= 15 is 0 Å². The van der Waals surface area contributed by atoms with E-state index in [0.29, 0.717) is 5.95 Å². The molecule has 0 aliphatic carbocycles. The second-order valence-corrected chi connectivity index (χ2v) is 15.2. The fraction of sp³-hybridized carbons (Fsp3) is 0.0385. The van der Waals surface area contributed by atoms with Crippen molar-refractivity contribution in [1.29, 1.82) is 0 Å². The maximum absolute atomic E-state index is 5.43. The van der Waals surface area contributed by atoms with E-state index < -0.39 is 0 Å². The minimum absolute atomic E-state index is 0.669. The van der Waals surface area contributed by atoms with Gasteiger partial charge in [-0.1, -0.05) is 147 Å². The molecule has 0 unspecified atom stereocenters. The van der Waals surface area contributed by atoms with Gasteiger partial charge in [0.2, 0.25) is 5.95 Å². The Morgan fingerprint density at radius 1 is 0.404 bits per heavy atom. The second-order valence-electron chi connectivity index (χ2n) is 14.1. The third kappa shape index (κ3) is 5.06. The maximum atomic E-state index is 5.43. The zero-order valence-electron chi connectivity index (χ0n) is 31.5. The Hall–Kier alpha value is -7.08. The summed E-state index contributed by atoms with van der Waals surface area (Å²) in [6.45, 7) is 4.00. The number of hydrogen-bond donors (Lipinski definition) is 0. The van der Waals surface area contributed by atoms with Crippen LogP contribution in [0.5, 0.6) is 0 Å². The molecule has 4 heterocycles. The molecule has 8 aromatic carbocycles. The molecule has 0 aliphatic rings. The van der Waals surface area contributed by atoms with E-state index in [0.717, 1.165) is 38.9 Å². The molecular weight excluding hydrogens is 713 g/mol. The number of rotatable bonds is 4. The molecule has 4 nitrogen and oxygen atoms in total. The number of aromatic nitrogens is 4. The van der Waals surface area contributed by atoms with Crippen molar-refractivity contribution in [3.8, 4) is 34.0 Å². The molecule has 57 heavy (non-hydrogen) atoms. The minimum atomic E-state index is 0.669. The molecule has 0 fully saturated rings. The molecule has 5 heteroatoms. The summed E-state index contributed by atoms with van der Waals surface area (Å²) in [6.07, 6.45) is 0. The molecule has 0 aliphatic heterocycles. The number of nitrogens with zero attached hydrogens (tertiary/aromatic N) is 4. The van der Waals surface area contributed by atoms with Crippen LogP contribution in [-0.4, -0.2) is 19.1 Å². The van der Waals surface area contributed by atoms with Crippen LogP contribution in [0.25, 0.3) is 109 Å². The SMILES string of the molecule is CC.c1ccc(-c2cccc(-n3c4ccccc4c4c5c(ccc43)sc3ccc4c6ccccc6n(-c6nc(-c7ccccc7)c7ccccc7n6)c4c35)c2)cc1. The van der Waals surface area contributed by atoms with Crippen LogP contribution in [0.1, 0.15) is 13.8 Å². The average molecular weight is 749 g/mol. The Morgan fingerprint density at radius 3 is 1.81 bits per heavy atom. The van der Waals surface area contributed by atoms with Crippen molar-refractivity contribution in [2.24, 2.45) is 0 Å². The molecule has 0 N–H and O–H groups in total. The van der Waals surface area contributed by atoms with E-state index in [1.165, 1.54) is 63.9 Å². The van der Waals surface area contributed by atoms with E-state index in [-0.39, 0.29) is 0 Å². The fourth-order valence-corrected chi connectivity index (χ4v) is 9.90. The lowest BCUT2D eigenvalue weighted by molar-refractivity contribution is 1.02. The van der Waals surface area contributed by atoms with E-state index in [9.17, 15) is 0 Å². The molecule has 12 aromatic rings. The van der Waals surface area contributed by atoms with Crippen molar-refractivity contribution in [3.63, 3.8) is 0 Å². The summed E-state index contributed by atoms with van der Waals surface area (Å²) in [7, 11) is 0. The monoisotopic (exact) mass is 748 g/mol. The Balaban J connectivity index is 0.00000184. The van der Waals surface area contributed by atoms with Gasteiger partial charge in [0.1, 0.15) is 0 Å². The van der Waals surface area contributed by atoms with Crippen LogP contribution in [0.3, 0.4) is 0 Å². The zero-order valence-corrected chi connectivity index (χ0v) is 32.3. The molecule has 0 saturated heterocycles. The Kier molecular flexibility index (Phi) is 7.76. The standard InChI is InChI=1S/C50H30N4S.C2H6/c1-3-14-31(15-4-1)33-18-13-19-34(30-33)53-41-25-12-9-22-38(41)45-42(53)27-29-43-46(45)47-44(55-43)28-26-36-35-20-8-11-24-40(35)54(49(36)47)50-51-39-23-10-7-21-37(39)48(52-50)32-16-5-2-6-17-32;1-2/h1-30H;1-2H3. The summed E-state index contributed by atoms with van der Waals surface area (Å²) < 4.78 is 7.26. The van der Waals surface area contributed by atoms with Crippen molar-refractivity contribution in [2.45, 2.75) is 13.8 Å². The van der Waals surface area contributed by atoms with Gasteiger partial charge < -0.3 is 4.57 Å². The first-order chi connectivity index (χ1) is 28.3. The molecule has 12 rings (SSSR count). The van der Waals surface area contributed by atoms with Gasteiger partial charge in [-0.05, 0) is 59.7 Å². The maximum Gasteiger partial charge on any atom is 0.235 e. The van der Waals surface area contributed by atoms with E-state index in [4.69, 9.17) is 9.97 Å². The third-order valence-electron chi connectivity index (χ3n) is 11.1. The van der Waals surface area contributed by atoms with E-state index in [1.54, 1.807) is 0 Å². The Morgan fingerprint density at radius 2 is 1.02 bits per heavy atom. The predicted octanol–water partition coefficient (Wildman–Crippen LogP) is 14.6. The topological polar surface area (TPSA) is 35.6 Å². The lowest BCUT2D eigenvalue weighted by atomic mass is 10.0. The third-order valence-corrected chi connectivity index (χ3v) is 12.2. The molecule has 4 aromatic heterocycles. The summed E-state index contributed by atoms with van der Waals surface area (Å²) in [4.78, 5) is 10.7. The highest BCUT2D eigenvalue weighted by Crippen LogP contribution is 2.48. The number of hydrogen-bond acceptors (Lipinski definition) is 3. The van der Waals surface area contributed by atoms with Crippen LogP contribution in [0, 0.1) is 0 Å². The van der Waals surface area contributed by atoms with Gasteiger partial charge in [0.05, 0.1) is 33.3 Å². The molecule has 0 saturated carbocycles. The van der Waals surface area contributed by atoms with Crippen molar-refractivity contribution >= 4 is 86.0 Å².